The maximum Gasteiger partial charge on any atom is 0.270 e. The van der Waals surface area contributed by atoms with Gasteiger partial charge in [-0.05, 0) is 19.4 Å². The van der Waals surface area contributed by atoms with E-state index in [4.69, 9.17) is 16.7 Å². The van der Waals surface area contributed by atoms with E-state index in [0.29, 0.717) is 6.42 Å². The van der Waals surface area contributed by atoms with Gasteiger partial charge in [-0.2, -0.15) is 0 Å². The molecule has 0 radical (unpaired) electrons. The number of nitro benzene ring substituents is 1. The van der Waals surface area contributed by atoms with E-state index in [2.05, 4.69) is 5.32 Å². The molecule has 0 saturated carbocycles. The Morgan fingerprint density at radius 3 is 2.83 bits per heavy atom. The summed E-state index contributed by atoms with van der Waals surface area (Å²) >= 11 is 5.82. The van der Waals surface area contributed by atoms with Crippen molar-refractivity contribution < 1.29 is 14.8 Å². The fraction of sp³-hybridized carbons (Fsp3) is 0.364. The molecular formula is C11H13ClN2O4. The molecule has 0 aliphatic rings. The number of non-ortho nitro benzene ring substituents is 1. The smallest absolute Gasteiger partial charge is 0.270 e. The van der Waals surface area contributed by atoms with Gasteiger partial charge < -0.3 is 10.4 Å². The summed E-state index contributed by atoms with van der Waals surface area (Å²) in [4.78, 5) is 21.8. The maximum atomic E-state index is 11.8. The van der Waals surface area contributed by atoms with E-state index in [1.54, 1.807) is 6.92 Å². The van der Waals surface area contributed by atoms with Crippen molar-refractivity contribution in [3.8, 4) is 0 Å². The third-order valence-corrected chi connectivity index (χ3v) is 2.67. The van der Waals surface area contributed by atoms with Crippen molar-refractivity contribution >= 4 is 23.2 Å². The van der Waals surface area contributed by atoms with Gasteiger partial charge in [-0.25, -0.2) is 0 Å². The molecule has 98 valence electrons. The Morgan fingerprint density at radius 2 is 2.28 bits per heavy atom. The van der Waals surface area contributed by atoms with Gasteiger partial charge >= 0.3 is 0 Å². The van der Waals surface area contributed by atoms with Gasteiger partial charge in [0.25, 0.3) is 11.6 Å². The van der Waals surface area contributed by atoms with Crippen LogP contribution in [0.2, 0.25) is 5.02 Å². The summed E-state index contributed by atoms with van der Waals surface area (Å²) in [6.07, 6.45) is 0.401. The normalized spacial score (nSPS) is 11.9. The number of carbonyl (C=O) groups is 1. The first-order valence-corrected chi connectivity index (χ1v) is 5.69. The second kappa shape index (κ2) is 6.32. The molecule has 1 aromatic rings. The van der Waals surface area contributed by atoms with Crippen LogP contribution in [0.4, 0.5) is 5.69 Å². The Hall–Kier alpha value is -1.66. The molecule has 0 bridgehead atoms. The highest BCUT2D eigenvalue weighted by Crippen LogP contribution is 2.22. The predicted octanol–water partition coefficient (Wildman–Crippen LogP) is 1.75. The number of aliphatic hydroxyl groups is 1. The molecule has 6 nitrogen and oxygen atoms in total. The predicted molar refractivity (Wildman–Crippen MR) is 66.7 cm³/mol. The van der Waals surface area contributed by atoms with E-state index < -0.39 is 10.8 Å². The lowest BCUT2D eigenvalue weighted by atomic mass is 10.1. The van der Waals surface area contributed by atoms with Gasteiger partial charge in [0, 0.05) is 24.8 Å². The number of rotatable bonds is 5. The van der Waals surface area contributed by atoms with E-state index in [1.807, 2.05) is 0 Å². The fourth-order valence-electron chi connectivity index (χ4n) is 1.37. The molecular weight excluding hydrogens is 260 g/mol. The summed E-state index contributed by atoms with van der Waals surface area (Å²) < 4.78 is 0. The molecule has 7 heteroatoms. The van der Waals surface area contributed by atoms with E-state index in [9.17, 15) is 14.9 Å². The SMILES string of the molecule is CC(CCO)NC(=O)c1cc([N+](=O)[O-])ccc1Cl. The number of nitro groups is 1. The van der Waals surface area contributed by atoms with Crippen LogP contribution >= 0.6 is 11.6 Å². The molecule has 0 aliphatic heterocycles. The number of benzene rings is 1. The van der Waals surface area contributed by atoms with Crippen LogP contribution in [-0.2, 0) is 0 Å². The third kappa shape index (κ3) is 3.68. The number of aliphatic hydroxyl groups excluding tert-OH is 1. The summed E-state index contributed by atoms with van der Waals surface area (Å²) in [6.45, 7) is 1.67. The lowest BCUT2D eigenvalue weighted by molar-refractivity contribution is -0.384. The van der Waals surface area contributed by atoms with E-state index in [1.165, 1.54) is 12.1 Å². The average Bonchev–Trinajstić information content (AvgIpc) is 2.29. The van der Waals surface area contributed by atoms with Crippen LogP contribution in [0.15, 0.2) is 18.2 Å². The molecule has 18 heavy (non-hydrogen) atoms. The number of halogens is 1. The lowest BCUT2D eigenvalue weighted by Gasteiger charge is -2.12. The monoisotopic (exact) mass is 272 g/mol. The Morgan fingerprint density at radius 1 is 1.61 bits per heavy atom. The molecule has 0 saturated heterocycles. The van der Waals surface area contributed by atoms with Gasteiger partial charge in [-0.1, -0.05) is 11.6 Å². The van der Waals surface area contributed by atoms with Crippen LogP contribution in [0, 0.1) is 10.1 Å². The minimum Gasteiger partial charge on any atom is -0.396 e. The number of carbonyl (C=O) groups excluding carboxylic acids is 1. The second-order valence-electron chi connectivity index (χ2n) is 3.81. The number of amides is 1. The highest BCUT2D eigenvalue weighted by Gasteiger charge is 2.17. The zero-order valence-electron chi connectivity index (χ0n) is 9.72. The Balaban J connectivity index is 2.91. The molecule has 0 heterocycles. The molecule has 1 aromatic carbocycles. The molecule has 0 aromatic heterocycles. The standard InChI is InChI=1S/C11H13ClN2O4/c1-7(4-5-15)13-11(16)9-6-8(14(17)18)2-3-10(9)12/h2-3,6-7,15H,4-5H2,1H3,(H,13,16). The Labute approximate surface area is 109 Å². The molecule has 1 amide bonds. The van der Waals surface area contributed by atoms with Gasteiger partial charge in [0.1, 0.15) is 0 Å². The van der Waals surface area contributed by atoms with Gasteiger partial charge in [-0.3, -0.25) is 14.9 Å². The quantitative estimate of drug-likeness (QED) is 0.631. The van der Waals surface area contributed by atoms with Crippen LogP contribution in [0.5, 0.6) is 0 Å². The number of nitrogens with one attached hydrogen (secondary N) is 1. The summed E-state index contributed by atoms with van der Waals surface area (Å²) in [5, 5.41) is 22.1. The van der Waals surface area contributed by atoms with Crippen LogP contribution in [0.1, 0.15) is 23.7 Å². The summed E-state index contributed by atoms with van der Waals surface area (Å²) in [5.74, 6) is -0.496. The largest absolute Gasteiger partial charge is 0.396 e. The van der Waals surface area contributed by atoms with Crippen molar-refractivity contribution in [1.82, 2.24) is 5.32 Å². The van der Waals surface area contributed by atoms with Gasteiger partial charge in [0.2, 0.25) is 0 Å². The fourth-order valence-corrected chi connectivity index (χ4v) is 1.57. The first-order valence-electron chi connectivity index (χ1n) is 5.31. The molecule has 0 spiro atoms. The highest BCUT2D eigenvalue weighted by atomic mass is 35.5. The average molecular weight is 273 g/mol. The van der Waals surface area contributed by atoms with Crippen molar-refractivity contribution in [1.29, 1.82) is 0 Å². The van der Waals surface area contributed by atoms with Crippen molar-refractivity contribution in [3.05, 3.63) is 38.9 Å². The summed E-state index contributed by atoms with van der Waals surface area (Å²) in [6, 6.07) is 3.43. The van der Waals surface area contributed by atoms with Gasteiger partial charge in [-0.15, -0.1) is 0 Å². The topological polar surface area (TPSA) is 92.5 Å². The van der Waals surface area contributed by atoms with Crippen molar-refractivity contribution in [2.75, 3.05) is 6.61 Å². The van der Waals surface area contributed by atoms with E-state index in [-0.39, 0.29) is 28.9 Å². The first-order chi connectivity index (χ1) is 8.45. The molecule has 0 fully saturated rings. The molecule has 1 unspecified atom stereocenters. The zero-order chi connectivity index (χ0) is 13.7. The van der Waals surface area contributed by atoms with Gasteiger partial charge in [0.15, 0.2) is 0 Å². The van der Waals surface area contributed by atoms with Gasteiger partial charge in [0.05, 0.1) is 15.5 Å². The van der Waals surface area contributed by atoms with Crippen LogP contribution < -0.4 is 5.32 Å². The highest BCUT2D eigenvalue weighted by molar-refractivity contribution is 6.33. The minimum atomic E-state index is -0.593. The molecule has 1 atom stereocenters. The lowest BCUT2D eigenvalue weighted by Crippen LogP contribution is -2.33. The summed E-state index contributed by atoms with van der Waals surface area (Å²) in [5.41, 5.74) is -0.144. The van der Waals surface area contributed by atoms with Crippen LogP contribution in [0.3, 0.4) is 0 Å². The van der Waals surface area contributed by atoms with Crippen LogP contribution in [0.25, 0.3) is 0 Å². The maximum absolute atomic E-state index is 11.8. The number of hydrogen-bond donors (Lipinski definition) is 2. The van der Waals surface area contributed by atoms with Crippen molar-refractivity contribution in [2.24, 2.45) is 0 Å². The van der Waals surface area contributed by atoms with E-state index >= 15 is 0 Å². The van der Waals surface area contributed by atoms with Crippen molar-refractivity contribution in [2.45, 2.75) is 19.4 Å². The Kier molecular flexibility index (Phi) is 5.06. The molecule has 1 rings (SSSR count). The minimum absolute atomic E-state index is 0.0515. The number of nitrogens with zero attached hydrogens (tertiary/aromatic N) is 1. The zero-order valence-corrected chi connectivity index (χ0v) is 10.5. The number of hydrogen-bond acceptors (Lipinski definition) is 4. The second-order valence-corrected chi connectivity index (χ2v) is 4.22. The summed E-state index contributed by atoms with van der Waals surface area (Å²) in [7, 11) is 0. The molecule has 2 N–H and O–H groups in total. The van der Waals surface area contributed by atoms with Crippen LogP contribution in [-0.4, -0.2) is 28.6 Å². The Bertz CT molecular complexity index is 464. The third-order valence-electron chi connectivity index (χ3n) is 2.34. The van der Waals surface area contributed by atoms with E-state index in [0.717, 1.165) is 6.07 Å². The first kappa shape index (κ1) is 14.4. The van der Waals surface area contributed by atoms with Crippen molar-refractivity contribution in [3.63, 3.8) is 0 Å². The molecule has 0 aliphatic carbocycles.